The van der Waals surface area contributed by atoms with Crippen LogP contribution in [0, 0.1) is 52.3 Å². The third kappa shape index (κ3) is 3.65. The predicted octanol–water partition coefficient (Wildman–Crippen LogP) is 4.88. The Bertz CT molecular complexity index is 810. The molecule has 0 saturated heterocycles. The van der Waals surface area contributed by atoms with Crippen LogP contribution in [0.3, 0.4) is 0 Å². The Morgan fingerprint density at radius 3 is 2.25 bits per heavy atom. The Morgan fingerprint density at radius 1 is 0.938 bits per heavy atom. The summed E-state index contributed by atoms with van der Waals surface area (Å²) in [6, 6.07) is 0. The fraction of sp³-hybridized carbons (Fsp3) is 0.821. The van der Waals surface area contributed by atoms with Gasteiger partial charge in [-0.1, -0.05) is 59.3 Å². The molecule has 3 fully saturated rings. The van der Waals surface area contributed by atoms with E-state index in [0.717, 1.165) is 19.3 Å². The molecular weight excluding hydrogens is 400 g/mol. The number of carbonyl (C=O) groups is 1. The largest absolute Gasteiger partial charge is 0.388 e. The minimum atomic E-state index is -2.16. The molecule has 2 unspecified atom stereocenters. The van der Waals surface area contributed by atoms with Crippen LogP contribution in [0.25, 0.3) is 0 Å². The van der Waals surface area contributed by atoms with Crippen molar-refractivity contribution in [3.8, 4) is 0 Å². The standard InChI is InChI=1S/C28H44O4/c1-16(2)17(3)7-8-18(4)20-9-10-21-19-13-24(29)23-14-28(31,32)25(30)15-27(23,6)22(19)11-12-26(20,21)5/h7-8,13,16-18,20-23,25,30-32H,9-12,14-15H2,1-6H3/t17-,18+,20+,21-,22-,23?,25?,26+,27+/m0/s1. The van der Waals surface area contributed by atoms with E-state index in [2.05, 4.69) is 53.7 Å². The highest BCUT2D eigenvalue weighted by atomic mass is 16.5. The van der Waals surface area contributed by atoms with Gasteiger partial charge >= 0.3 is 0 Å². The number of aliphatic hydroxyl groups excluding tert-OH is 1. The maximum absolute atomic E-state index is 13.2. The van der Waals surface area contributed by atoms with E-state index in [9.17, 15) is 20.1 Å². The third-order valence-corrected chi connectivity index (χ3v) is 10.5. The summed E-state index contributed by atoms with van der Waals surface area (Å²) in [6.07, 6.45) is 10.2. The van der Waals surface area contributed by atoms with E-state index in [4.69, 9.17) is 0 Å². The molecule has 0 heterocycles. The lowest BCUT2D eigenvalue weighted by molar-refractivity contribution is -0.270. The van der Waals surface area contributed by atoms with Crippen molar-refractivity contribution in [1.82, 2.24) is 0 Å². The predicted molar refractivity (Wildman–Crippen MR) is 126 cm³/mol. The number of rotatable bonds is 4. The molecule has 0 radical (unpaired) electrons. The number of fused-ring (bicyclic) bond motifs is 5. The van der Waals surface area contributed by atoms with E-state index in [1.807, 2.05) is 6.08 Å². The molecular formula is C28H44O4. The molecule has 0 bridgehead atoms. The normalized spacial score (nSPS) is 45.2. The molecule has 0 spiro atoms. The molecule has 3 saturated carbocycles. The van der Waals surface area contributed by atoms with Gasteiger partial charge in [-0.05, 0) is 84.5 Å². The Morgan fingerprint density at radius 2 is 1.59 bits per heavy atom. The highest BCUT2D eigenvalue weighted by Crippen LogP contribution is 2.66. The average Bonchev–Trinajstić information content (AvgIpc) is 3.05. The second-order valence-electron chi connectivity index (χ2n) is 12.6. The minimum absolute atomic E-state index is 0.0320. The summed E-state index contributed by atoms with van der Waals surface area (Å²) in [5.74, 6) is 0.476. The van der Waals surface area contributed by atoms with E-state index >= 15 is 0 Å². The zero-order chi connectivity index (χ0) is 23.6. The second-order valence-corrected chi connectivity index (χ2v) is 12.6. The van der Waals surface area contributed by atoms with Gasteiger partial charge in [0.25, 0.3) is 0 Å². The molecule has 0 aromatic heterocycles. The maximum Gasteiger partial charge on any atom is 0.190 e. The van der Waals surface area contributed by atoms with Gasteiger partial charge < -0.3 is 15.3 Å². The molecule has 4 heteroatoms. The van der Waals surface area contributed by atoms with Crippen molar-refractivity contribution in [1.29, 1.82) is 0 Å². The number of allylic oxidation sites excluding steroid dienone is 4. The van der Waals surface area contributed by atoms with Crippen LogP contribution in [0.15, 0.2) is 23.8 Å². The third-order valence-electron chi connectivity index (χ3n) is 10.5. The average molecular weight is 445 g/mol. The first-order valence-electron chi connectivity index (χ1n) is 12.9. The van der Waals surface area contributed by atoms with Gasteiger partial charge in [0.2, 0.25) is 0 Å². The Balaban J connectivity index is 1.61. The Labute approximate surface area is 194 Å². The molecule has 4 aliphatic rings. The van der Waals surface area contributed by atoms with Gasteiger partial charge in [-0.15, -0.1) is 0 Å². The molecule has 3 N–H and O–H groups in total. The van der Waals surface area contributed by atoms with Crippen LogP contribution in [-0.2, 0) is 4.79 Å². The molecule has 4 aliphatic carbocycles. The van der Waals surface area contributed by atoms with Crippen LogP contribution >= 0.6 is 0 Å². The highest BCUT2D eigenvalue weighted by Gasteiger charge is 2.62. The van der Waals surface area contributed by atoms with Crippen LogP contribution in [-0.4, -0.2) is 33.0 Å². The summed E-state index contributed by atoms with van der Waals surface area (Å²) in [4.78, 5) is 13.2. The van der Waals surface area contributed by atoms with Crippen LogP contribution in [0.5, 0.6) is 0 Å². The van der Waals surface area contributed by atoms with Crippen LogP contribution < -0.4 is 0 Å². The summed E-state index contributed by atoms with van der Waals surface area (Å²) in [5.41, 5.74) is 1.10. The number of hydrogen-bond acceptors (Lipinski definition) is 4. The van der Waals surface area contributed by atoms with Gasteiger partial charge in [0, 0.05) is 12.3 Å². The van der Waals surface area contributed by atoms with Gasteiger partial charge in [0.1, 0.15) is 6.10 Å². The van der Waals surface area contributed by atoms with Gasteiger partial charge in [0.05, 0.1) is 0 Å². The van der Waals surface area contributed by atoms with Crippen molar-refractivity contribution in [2.75, 3.05) is 0 Å². The molecule has 0 amide bonds. The van der Waals surface area contributed by atoms with E-state index in [1.165, 1.54) is 12.0 Å². The SMILES string of the molecule is CC(C)[C@@H](C)C=C[C@@H](C)[C@H]1CC[C@H]2C3=CC(=O)C4CC(O)(O)C(O)C[C@]4(C)[C@H]3CC[C@]12C. The van der Waals surface area contributed by atoms with E-state index in [0.29, 0.717) is 29.6 Å². The summed E-state index contributed by atoms with van der Waals surface area (Å²) in [5, 5.41) is 31.0. The quantitative estimate of drug-likeness (QED) is 0.427. The second kappa shape index (κ2) is 8.06. The molecule has 4 rings (SSSR count). The van der Waals surface area contributed by atoms with Gasteiger partial charge in [-0.25, -0.2) is 0 Å². The number of hydrogen-bond donors (Lipinski definition) is 3. The van der Waals surface area contributed by atoms with Crippen molar-refractivity contribution in [2.24, 2.45) is 52.3 Å². The molecule has 9 atom stereocenters. The van der Waals surface area contributed by atoms with Crippen molar-refractivity contribution in [3.63, 3.8) is 0 Å². The van der Waals surface area contributed by atoms with Crippen molar-refractivity contribution >= 4 is 5.78 Å². The van der Waals surface area contributed by atoms with Gasteiger partial charge in [-0.3, -0.25) is 4.79 Å². The van der Waals surface area contributed by atoms with Crippen molar-refractivity contribution in [2.45, 2.75) is 92.0 Å². The maximum atomic E-state index is 13.2. The monoisotopic (exact) mass is 444 g/mol. The lowest BCUT2D eigenvalue weighted by Crippen LogP contribution is -2.60. The van der Waals surface area contributed by atoms with Crippen LogP contribution in [0.4, 0.5) is 0 Å². The summed E-state index contributed by atoms with van der Waals surface area (Å²) >= 11 is 0. The zero-order valence-corrected chi connectivity index (χ0v) is 20.8. The lowest BCUT2D eigenvalue weighted by atomic mass is 9.47. The van der Waals surface area contributed by atoms with E-state index < -0.39 is 23.2 Å². The first kappa shape index (κ1) is 24.2. The molecule has 0 aromatic rings. The molecule has 180 valence electrons. The topological polar surface area (TPSA) is 77.8 Å². The highest BCUT2D eigenvalue weighted by molar-refractivity contribution is 5.94. The Hall–Kier alpha value is -0.970. The number of aliphatic hydroxyl groups is 3. The molecule has 0 aromatic carbocycles. The van der Waals surface area contributed by atoms with E-state index in [-0.39, 0.29) is 30.0 Å². The first-order valence-corrected chi connectivity index (χ1v) is 12.9. The minimum Gasteiger partial charge on any atom is -0.388 e. The lowest BCUT2D eigenvalue weighted by Gasteiger charge is -2.58. The van der Waals surface area contributed by atoms with Crippen molar-refractivity contribution in [3.05, 3.63) is 23.8 Å². The smallest absolute Gasteiger partial charge is 0.190 e. The van der Waals surface area contributed by atoms with Crippen molar-refractivity contribution < 1.29 is 20.1 Å². The summed E-state index contributed by atoms with van der Waals surface area (Å²) in [7, 11) is 0. The van der Waals surface area contributed by atoms with Gasteiger partial charge in [0.15, 0.2) is 11.6 Å². The summed E-state index contributed by atoms with van der Waals surface area (Å²) in [6.45, 7) is 13.8. The fourth-order valence-corrected chi connectivity index (χ4v) is 7.99. The Kier molecular flexibility index (Phi) is 6.09. The van der Waals surface area contributed by atoms with E-state index in [1.54, 1.807) is 0 Å². The zero-order valence-electron chi connectivity index (χ0n) is 20.8. The molecule has 0 aliphatic heterocycles. The van der Waals surface area contributed by atoms with Crippen LogP contribution in [0.2, 0.25) is 0 Å². The van der Waals surface area contributed by atoms with Gasteiger partial charge in [-0.2, -0.15) is 0 Å². The number of carbonyl (C=O) groups excluding carboxylic acids is 1. The summed E-state index contributed by atoms with van der Waals surface area (Å²) < 4.78 is 0. The number of ketones is 1. The first-order chi connectivity index (χ1) is 14.8. The molecule has 4 nitrogen and oxygen atoms in total. The molecule has 32 heavy (non-hydrogen) atoms. The fourth-order valence-electron chi connectivity index (χ4n) is 7.99. The van der Waals surface area contributed by atoms with Crippen LogP contribution in [0.1, 0.15) is 80.1 Å².